The van der Waals surface area contributed by atoms with Gasteiger partial charge in [0.15, 0.2) is 0 Å². The van der Waals surface area contributed by atoms with Gasteiger partial charge in [-0.3, -0.25) is 0 Å². The van der Waals surface area contributed by atoms with Crippen LogP contribution in [-0.2, 0) is 14.3 Å². The molecule has 2 N–H and O–H groups in total. The van der Waals surface area contributed by atoms with Crippen molar-refractivity contribution in [3.8, 4) is 0 Å². The first-order chi connectivity index (χ1) is 7.32. The molecular weight excluding hydrogens is 212 g/mol. The van der Waals surface area contributed by atoms with Gasteiger partial charge in [0.2, 0.25) is 0 Å². The topological polar surface area (TPSA) is 83.8 Å². The molecule has 0 unspecified atom stereocenters. The number of carboxylic acids is 1. The number of aliphatic hydroxyl groups is 1. The van der Waals surface area contributed by atoms with E-state index >= 15 is 0 Å². The fourth-order valence-electron chi connectivity index (χ4n) is 0.290. The normalized spacial score (nSPS) is 8.88. The van der Waals surface area contributed by atoms with E-state index in [4.69, 9.17) is 10.2 Å². The quantitative estimate of drug-likeness (QED) is 0.435. The van der Waals surface area contributed by atoms with Crippen molar-refractivity contribution in [2.75, 3.05) is 6.61 Å². The van der Waals surface area contributed by atoms with Crippen LogP contribution >= 0.6 is 0 Å². The SMILES string of the molecule is C=C(C)C(=O)O.C=C(C)C(=O)OCC=CO. The summed E-state index contributed by atoms with van der Waals surface area (Å²) in [5.41, 5.74) is 0.529. The number of aliphatic hydroxyl groups excluding tert-OH is 1. The second kappa shape index (κ2) is 9.51. The zero-order valence-corrected chi connectivity index (χ0v) is 9.40. The molecule has 0 bridgehead atoms. The number of carbonyl (C=O) groups is 2. The molecule has 0 aliphatic carbocycles. The van der Waals surface area contributed by atoms with Crippen molar-refractivity contribution in [1.29, 1.82) is 0 Å². The van der Waals surface area contributed by atoms with Crippen LogP contribution in [0.1, 0.15) is 13.8 Å². The molecule has 0 amide bonds. The van der Waals surface area contributed by atoms with E-state index in [0.29, 0.717) is 5.57 Å². The Morgan fingerprint density at radius 2 is 1.69 bits per heavy atom. The van der Waals surface area contributed by atoms with Gasteiger partial charge >= 0.3 is 11.9 Å². The molecule has 0 aliphatic heterocycles. The maximum absolute atomic E-state index is 10.6. The monoisotopic (exact) mass is 228 g/mol. The second-order valence-electron chi connectivity index (χ2n) is 2.85. The minimum absolute atomic E-state index is 0.0855. The Morgan fingerprint density at radius 1 is 1.25 bits per heavy atom. The minimum atomic E-state index is -0.935. The van der Waals surface area contributed by atoms with E-state index in [9.17, 15) is 9.59 Å². The van der Waals surface area contributed by atoms with Crippen LogP contribution in [0.25, 0.3) is 0 Å². The summed E-state index contributed by atoms with van der Waals surface area (Å²) in [5.74, 6) is -1.38. The Kier molecular flexibility index (Phi) is 9.75. The minimum Gasteiger partial charge on any atom is -0.516 e. The van der Waals surface area contributed by atoms with Crippen LogP contribution in [0.4, 0.5) is 0 Å². The van der Waals surface area contributed by atoms with Crippen molar-refractivity contribution in [1.82, 2.24) is 0 Å². The number of aliphatic carboxylic acids is 1. The zero-order valence-electron chi connectivity index (χ0n) is 9.40. The Bertz CT molecular complexity index is 289. The number of hydrogen-bond donors (Lipinski definition) is 2. The van der Waals surface area contributed by atoms with Gasteiger partial charge in [0, 0.05) is 11.1 Å². The zero-order chi connectivity index (χ0) is 13.1. The molecule has 0 aromatic heterocycles. The molecule has 0 atom stereocenters. The summed E-state index contributed by atoms with van der Waals surface area (Å²) in [6, 6.07) is 0. The smallest absolute Gasteiger partial charge is 0.333 e. The van der Waals surface area contributed by atoms with Crippen LogP contribution in [0.2, 0.25) is 0 Å². The van der Waals surface area contributed by atoms with E-state index in [1.165, 1.54) is 13.0 Å². The molecule has 0 rings (SSSR count). The predicted octanol–water partition coefficient (Wildman–Crippen LogP) is 1.82. The highest BCUT2D eigenvalue weighted by Crippen LogP contribution is 1.90. The molecule has 0 radical (unpaired) electrons. The molecule has 0 heterocycles. The lowest BCUT2D eigenvalue weighted by molar-refractivity contribution is -0.137. The molecule has 5 nitrogen and oxygen atoms in total. The fraction of sp³-hybridized carbons (Fsp3) is 0.273. The van der Waals surface area contributed by atoms with E-state index in [0.717, 1.165) is 6.26 Å². The van der Waals surface area contributed by atoms with E-state index in [2.05, 4.69) is 17.9 Å². The lowest BCUT2D eigenvalue weighted by Crippen LogP contribution is -2.04. The van der Waals surface area contributed by atoms with Crippen molar-refractivity contribution in [2.45, 2.75) is 13.8 Å². The molecule has 0 aromatic carbocycles. The van der Waals surface area contributed by atoms with Crippen LogP contribution in [0, 0.1) is 0 Å². The van der Waals surface area contributed by atoms with Gasteiger partial charge in [-0.2, -0.15) is 0 Å². The van der Waals surface area contributed by atoms with E-state index in [1.807, 2.05) is 0 Å². The van der Waals surface area contributed by atoms with Gasteiger partial charge in [-0.1, -0.05) is 13.2 Å². The molecule has 0 aliphatic rings. The summed E-state index contributed by atoms with van der Waals surface area (Å²) in [4.78, 5) is 20.2. The maximum atomic E-state index is 10.6. The first-order valence-electron chi connectivity index (χ1n) is 4.33. The van der Waals surface area contributed by atoms with Crippen molar-refractivity contribution < 1.29 is 24.5 Å². The van der Waals surface area contributed by atoms with E-state index in [-0.39, 0.29) is 12.2 Å². The van der Waals surface area contributed by atoms with Crippen LogP contribution in [-0.4, -0.2) is 28.8 Å². The standard InChI is InChI=1S/C7H10O3.C4H6O2/c1-6(2)7(9)10-5-3-4-8;1-3(2)4(5)6/h3-4,8H,1,5H2,2H3;1H2,2H3,(H,5,6). The summed E-state index contributed by atoms with van der Waals surface area (Å²) in [6.45, 7) is 9.62. The third kappa shape index (κ3) is 12.0. The highest BCUT2D eigenvalue weighted by molar-refractivity contribution is 5.87. The van der Waals surface area contributed by atoms with Crippen molar-refractivity contribution in [3.63, 3.8) is 0 Å². The summed E-state index contributed by atoms with van der Waals surface area (Å²) >= 11 is 0. The van der Waals surface area contributed by atoms with E-state index < -0.39 is 11.9 Å². The Hall–Kier alpha value is -2.04. The summed E-state index contributed by atoms with van der Waals surface area (Å²) in [6.07, 6.45) is 2.15. The molecule has 0 saturated heterocycles. The highest BCUT2D eigenvalue weighted by Gasteiger charge is 1.99. The maximum Gasteiger partial charge on any atom is 0.333 e. The molecule has 0 spiro atoms. The number of carbonyl (C=O) groups excluding carboxylic acids is 1. The van der Waals surface area contributed by atoms with Gasteiger partial charge in [0.05, 0.1) is 6.26 Å². The Labute approximate surface area is 94.4 Å². The molecule has 0 aromatic rings. The third-order valence-corrected chi connectivity index (χ3v) is 1.13. The van der Waals surface area contributed by atoms with Gasteiger partial charge in [-0.15, -0.1) is 0 Å². The lowest BCUT2D eigenvalue weighted by atomic mass is 10.4. The molecule has 0 fully saturated rings. The van der Waals surface area contributed by atoms with Crippen molar-refractivity contribution in [2.24, 2.45) is 0 Å². The number of esters is 1. The van der Waals surface area contributed by atoms with Crippen LogP contribution in [0.15, 0.2) is 36.6 Å². The van der Waals surface area contributed by atoms with E-state index in [1.54, 1.807) is 6.92 Å². The first kappa shape index (κ1) is 16.4. The average Bonchev–Trinajstić information content (AvgIpc) is 2.18. The van der Waals surface area contributed by atoms with Gasteiger partial charge in [0.1, 0.15) is 6.61 Å². The second-order valence-corrected chi connectivity index (χ2v) is 2.85. The van der Waals surface area contributed by atoms with Crippen LogP contribution < -0.4 is 0 Å². The predicted molar refractivity (Wildman–Crippen MR) is 60.0 cm³/mol. The summed E-state index contributed by atoms with van der Waals surface area (Å²) in [7, 11) is 0. The van der Waals surface area contributed by atoms with Crippen molar-refractivity contribution >= 4 is 11.9 Å². The molecular formula is C11H16O5. The van der Waals surface area contributed by atoms with Gasteiger partial charge < -0.3 is 14.9 Å². The van der Waals surface area contributed by atoms with Crippen molar-refractivity contribution in [3.05, 3.63) is 36.6 Å². The largest absolute Gasteiger partial charge is 0.516 e. The Morgan fingerprint density at radius 3 is 1.94 bits per heavy atom. The molecule has 90 valence electrons. The highest BCUT2D eigenvalue weighted by atomic mass is 16.5. The third-order valence-electron chi connectivity index (χ3n) is 1.13. The lowest BCUT2D eigenvalue weighted by Gasteiger charge is -1.97. The van der Waals surface area contributed by atoms with Crippen LogP contribution in [0.5, 0.6) is 0 Å². The number of ether oxygens (including phenoxy) is 1. The summed E-state index contributed by atoms with van der Waals surface area (Å²) in [5, 5.41) is 16.0. The molecule has 5 heteroatoms. The van der Waals surface area contributed by atoms with Gasteiger partial charge in [-0.05, 0) is 19.9 Å². The number of hydrogen-bond acceptors (Lipinski definition) is 4. The molecule has 0 saturated carbocycles. The summed E-state index contributed by atoms with van der Waals surface area (Å²) < 4.78 is 4.56. The van der Waals surface area contributed by atoms with Crippen LogP contribution in [0.3, 0.4) is 0 Å². The fourth-order valence-corrected chi connectivity index (χ4v) is 0.290. The first-order valence-corrected chi connectivity index (χ1v) is 4.33. The molecule has 16 heavy (non-hydrogen) atoms. The van der Waals surface area contributed by atoms with Gasteiger partial charge in [0.25, 0.3) is 0 Å². The number of rotatable bonds is 4. The van der Waals surface area contributed by atoms with Gasteiger partial charge in [-0.25, -0.2) is 9.59 Å². The average molecular weight is 228 g/mol. The Balaban J connectivity index is 0. The number of carboxylic acid groups (broad SMARTS) is 1.